The predicted octanol–water partition coefficient (Wildman–Crippen LogP) is 1.79. The van der Waals surface area contributed by atoms with Crippen LogP contribution in [-0.2, 0) is 0 Å². The van der Waals surface area contributed by atoms with Gasteiger partial charge in [0.25, 0.3) is 0 Å². The average molecular weight is 214 g/mol. The van der Waals surface area contributed by atoms with E-state index in [4.69, 9.17) is 21.4 Å². The number of benzene rings is 1. The summed E-state index contributed by atoms with van der Waals surface area (Å²) in [5.41, 5.74) is 0. The molecule has 0 radical (unpaired) electrons. The smallest absolute Gasteiger partial charge is 0.138 e. The molecule has 76 valence electrons. The zero-order chi connectivity index (χ0) is 9.97. The minimum absolute atomic E-state index is 0.159. The number of aromatic hydroxyl groups is 1. The monoisotopic (exact) mass is 213 g/mol. The van der Waals surface area contributed by atoms with Crippen LogP contribution < -0.4 is 10.1 Å². The van der Waals surface area contributed by atoms with Crippen molar-refractivity contribution in [3.05, 3.63) is 23.2 Å². The molecule has 14 heavy (non-hydrogen) atoms. The molecule has 1 aliphatic heterocycles. The third-order valence-corrected chi connectivity index (χ3v) is 2.52. The molecule has 0 aromatic heterocycles. The van der Waals surface area contributed by atoms with Crippen LogP contribution in [0.3, 0.4) is 0 Å². The second-order valence-electron chi connectivity index (χ2n) is 3.35. The molecular weight excluding hydrogens is 202 g/mol. The molecule has 1 aliphatic rings. The van der Waals surface area contributed by atoms with Crippen LogP contribution in [0.1, 0.15) is 6.42 Å². The summed E-state index contributed by atoms with van der Waals surface area (Å²) < 4.78 is 5.66. The van der Waals surface area contributed by atoms with Gasteiger partial charge in [-0.25, -0.2) is 0 Å². The molecule has 1 aromatic carbocycles. The Kier molecular flexibility index (Phi) is 2.79. The first-order chi connectivity index (χ1) is 6.75. The third-order valence-electron chi connectivity index (χ3n) is 2.22. The molecule has 2 rings (SSSR count). The van der Waals surface area contributed by atoms with Crippen LogP contribution in [0, 0.1) is 0 Å². The van der Waals surface area contributed by atoms with Crippen molar-refractivity contribution in [2.24, 2.45) is 0 Å². The first-order valence-electron chi connectivity index (χ1n) is 4.61. The van der Waals surface area contributed by atoms with Gasteiger partial charge >= 0.3 is 0 Å². The van der Waals surface area contributed by atoms with Gasteiger partial charge in [0.15, 0.2) is 0 Å². The zero-order valence-corrected chi connectivity index (χ0v) is 8.42. The number of hydrogen-bond acceptors (Lipinski definition) is 3. The van der Waals surface area contributed by atoms with Crippen LogP contribution >= 0.6 is 11.6 Å². The molecule has 0 spiro atoms. The van der Waals surface area contributed by atoms with Gasteiger partial charge in [0.05, 0.1) is 5.02 Å². The van der Waals surface area contributed by atoms with Crippen molar-refractivity contribution < 1.29 is 9.84 Å². The molecule has 0 saturated carbocycles. The Labute approximate surface area is 87.6 Å². The Morgan fingerprint density at radius 1 is 1.50 bits per heavy atom. The Morgan fingerprint density at radius 2 is 2.36 bits per heavy atom. The van der Waals surface area contributed by atoms with Gasteiger partial charge in [-0.2, -0.15) is 0 Å². The van der Waals surface area contributed by atoms with Gasteiger partial charge in [0.1, 0.15) is 17.6 Å². The van der Waals surface area contributed by atoms with Crippen molar-refractivity contribution in [1.29, 1.82) is 0 Å². The standard InChI is InChI=1S/C10H12ClNO2/c11-9-5-7(13)1-2-10(9)14-8-3-4-12-6-8/h1-2,5,8,12-13H,3-4,6H2. The molecule has 4 heteroatoms. The van der Waals surface area contributed by atoms with Gasteiger partial charge in [-0.3, -0.25) is 0 Å². The SMILES string of the molecule is Oc1ccc(OC2CCNC2)c(Cl)c1. The second kappa shape index (κ2) is 4.07. The van der Waals surface area contributed by atoms with Gasteiger partial charge in [0.2, 0.25) is 0 Å². The van der Waals surface area contributed by atoms with Gasteiger partial charge in [-0.15, -0.1) is 0 Å². The van der Waals surface area contributed by atoms with Crippen LogP contribution in [0.2, 0.25) is 5.02 Å². The van der Waals surface area contributed by atoms with Crippen molar-refractivity contribution in [3.63, 3.8) is 0 Å². The highest BCUT2D eigenvalue weighted by atomic mass is 35.5. The molecule has 1 fully saturated rings. The van der Waals surface area contributed by atoms with Crippen LogP contribution in [0.25, 0.3) is 0 Å². The Hall–Kier alpha value is -0.930. The maximum Gasteiger partial charge on any atom is 0.138 e. The fourth-order valence-corrected chi connectivity index (χ4v) is 1.71. The summed E-state index contributed by atoms with van der Waals surface area (Å²) in [6, 6.07) is 4.75. The minimum atomic E-state index is 0.159. The van der Waals surface area contributed by atoms with Crippen molar-refractivity contribution in [3.8, 4) is 11.5 Å². The second-order valence-corrected chi connectivity index (χ2v) is 3.75. The van der Waals surface area contributed by atoms with Gasteiger partial charge in [-0.05, 0) is 25.1 Å². The molecule has 1 aromatic rings. The number of rotatable bonds is 2. The summed E-state index contributed by atoms with van der Waals surface area (Å²) in [6.45, 7) is 1.84. The van der Waals surface area contributed by atoms with Crippen molar-refractivity contribution in [2.75, 3.05) is 13.1 Å². The van der Waals surface area contributed by atoms with E-state index in [-0.39, 0.29) is 11.9 Å². The van der Waals surface area contributed by atoms with Crippen LogP contribution in [0.15, 0.2) is 18.2 Å². The van der Waals surface area contributed by atoms with Gasteiger partial charge in [0, 0.05) is 12.6 Å². The normalized spacial score (nSPS) is 21.1. The quantitative estimate of drug-likeness (QED) is 0.787. The number of halogens is 1. The predicted molar refractivity (Wildman–Crippen MR) is 55.0 cm³/mol. The molecule has 1 atom stereocenters. The average Bonchev–Trinajstić information content (AvgIpc) is 2.62. The highest BCUT2D eigenvalue weighted by Crippen LogP contribution is 2.29. The summed E-state index contributed by atoms with van der Waals surface area (Å²) in [5, 5.41) is 12.8. The summed E-state index contributed by atoms with van der Waals surface area (Å²) in [6.07, 6.45) is 1.19. The van der Waals surface area contributed by atoms with E-state index in [0.29, 0.717) is 10.8 Å². The van der Waals surface area contributed by atoms with E-state index >= 15 is 0 Å². The third kappa shape index (κ3) is 2.11. The lowest BCUT2D eigenvalue weighted by Crippen LogP contribution is -2.19. The highest BCUT2D eigenvalue weighted by molar-refractivity contribution is 6.32. The lowest BCUT2D eigenvalue weighted by atomic mass is 10.3. The van der Waals surface area contributed by atoms with Crippen LogP contribution in [0.5, 0.6) is 11.5 Å². The van der Waals surface area contributed by atoms with Crippen LogP contribution in [-0.4, -0.2) is 24.3 Å². The number of ether oxygens (including phenoxy) is 1. The van der Waals surface area contributed by atoms with E-state index in [9.17, 15) is 0 Å². The molecule has 1 saturated heterocycles. The first-order valence-corrected chi connectivity index (χ1v) is 4.99. The van der Waals surface area contributed by atoms with E-state index in [1.807, 2.05) is 0 Å². The van der Waals surface area contributed by atoms with E-state index in [2.05, 4.69) is 5.32 Å². The topological polar surface area (TPSA) is 41.5 Å². The molecule has 3 nitrogen and oxygen atoms in total. The summed E-state index contributed by atoms with van der Waals surface area (Å²) in [5.74, 6) is 0.796. The number of hydrogen-bond donors (Lipinski definition) is 2. The zero-order valence-electron chi connectivity index (χ0n) is 7.66. The number of phenolic OH excluding ortho intramolecular Hbond substituents is 1. The van der Waals surface area contributed by atoms with E-state index in [1.54, 1.807) is 12.1 Å². The van der Waals surface area contributed by atoms with Gasteiger partial charge in [-0.1, -0.05) is 11.6 Å². The Balaban J connectivity index is 2.08. The molecular formula is C10H12ClNO2. The molecule has 1 heterocycles. The van der Waals surface area contributed by atoms with Crippen molar-refractivity contribution in [1.82, 2.24) is 5.32 Å². The van der Waals surface area contributed by atoms with E-state index in [0.717, 1.165) is 19.5 Å². The maximum absolute atomic E-state index is 9.15. The largest absolute Gasteiger partial charge is 0.508 e. The fraction of sp³-hybridized carbons (Fsp3) is 0.400. The number of phenols is 1. The molecule has 0 bridgehead atoms. The minimum Gasteiger partial charge on any atom is -0.508 e. The first kappa shape index (κ1) is 9.62. The van der Waals surface area contributed by atoms with E-state index in [1.165, 1.54) is 6.07 Å². The van der Waals surface area contributed by atoms with Crippen LogP contribution in [0.4, 0.5) is 0 Å². The van der Waals surface area contributed by atoms with Crippen molar-refractivity contribution >= 4 is 11.6 Å². The summed E-state index contributed by atoms with van der Waals surface area (Å²) >= 11 is 5.90. The Morgan fingerprint density at radius 3 is 3.00 bits per heavy atom. The maximum atomic E-state index is 9.15. The van der Waals surface area contributed by atoms with Gasteiger partial charge < -0.3 is 15.2 Å². The lowest BCUT2D eigenvalue weighted by molar-refractivity contribution is 0.223. The number of nitrogens with one attached hydrogen (secondary N) is 1. The summed E-state index contributed by atoms with van der Waals surface area (Å²) in [4.78, 5) is 0. The van der Waals surface area contributed by atoms with Crippen molar-refractivity contribution in [2.45, 2.75) is 12.5 Å². The Bertz CT molecular complexity index is 324. The lowest BCUT2D eigenvalue weighted by Gasteiger charge is -2.13. The molecule has 1 unspecified atom stereocenters. The van der Waals surface area contributed by atoms with E-state index < -0.39 is 0 Å². The summed E-state index contributed by atoms with van der Waals surface area (Å²) in [7, 11) is 0. The fourth-order valence-electron chi connectivity index (χ4n) is 1.49. The molecule has 2 N–H and O–H groups in total. The highest BCUT2D eigenvalue weighted by Gasteiger charge is 2.17. The molecule has 0 amide bonds. The molecule has 0 aliphatic carbocycles.